The van der Waals surface area contributed by atoms with Gasteiger partial charge in [-0.15, -0.1) is 11.8 Å². The van der Waals surface area contributed by atoms with Crippen molar-refractivity contribution in [3.8, 4) is 6.07 Å². The third-order valence-electron chi connectivity index (χ3n) is 3.19. The third-order valence-corrected chi connectivity index (χ3v) is 3.97. The van der Waals surface area contributed by atoms with Gasteiger partial charge in [0.15, 0.2) is 0 Å². The first-order chi connectivity index (χ1) is 7.76. The first-order valence-electron chi connectivity index (χ1n) is 5.57. The zero-order chi connectivity index (χ0) is 11.5. The van der Waals surface area contributed by atoms with Gasteiger partial charge in [-0.2, -0.15) is 5.26 Å². The highest BCUT2D eigenvalue weighted by molar-refractivity contribution is 7.98. The minimum absolute atomic E-state index is 0.781. The predicted molar refractivity (Wildman–Crippen MR) is 68.7 cm³/mol. The molecule has 2 atom stereocenters. The van der Waals surface area contributed by atoms with Crippen LogP contribution in [0.2, 0.25) is 0 Å². The van der Waals surface area contributed by atoms with Crippen LogP contribution >= 0.6 is 11.8 Å². The van der Waals surface area contributed by atoms with E-state index in [9.17, 15) is 0 Å². The quantitative estimate of drug-likeness (QED) is 0.809. The van der Waals surface area contributed by atoms with Crippen LogP contribution in [0, 0.1) is 23.2 Å². The standard InChI is InChI=1S/C13H16N2S/c1-9-6-10(9)8-15-12-4-3-5-13(16-2)11(12)7-14/h3-5,9-10,15H,6,8H2,1-2H3. The average Bonchev–Trinajstić information content (AvgIpc) is 3.02. The van der Waals surface area contributed by atoms with Gasteiger partial charge in [-0.25, -0.2) is 0 Å². The highest BCUT2D eigenvalue weighted by Crippen LogP contribution is 2.38. The first-order valence-corrected chi connectivity index (χ1v) is 6.79. The highest BCUT2D eigenvalue weighted by Gasteiger charge is 2.32. The molecule has 0 radical (unpaired) electrons. The van der Waals surface area contributed by atoms with E-state index < -0.39 is 0 Å². The SMILES string of the molecule is CSc1cccc(NCC2CC2C)c1C#N. The summed E-state index contributed by atoms with van der Waals surface area (Å²) in [5, 5.41) is 12.6. The van der Waals surface area contributed by atoms with E-state index in [4.69, 9.17) is 5.26 Å². The van der Waals surface area contributed by atoms with Gasteiger partial charge < -0.3 is 5.32 Å². The molecule has 0 bridgehead atoms. The number of benzene rings is 1. The van der Waals surface area contributed by atoms with E-state index in [2.05, 4.69) is 18.3 Å². The molecule has 16 heavy (non-hydrogen) atoms. The maximum absolute atomic E-state index is 9.16. The lowest BCUT2D eigenvalue weighted by molar-refractivity contribution is 0.787. The molecule has 0 saturated heterocycles. The Labute approximate surface area is 101 Å². The maximum atomic E-state index is 9.16. The maximum Gasteiger partial charge on any atom is 0.102 e. The lowest BCUT2D eigenvalue weighted by atomic mass is 10.2. The van der Waals surface area contributed by atoms with Gasteiger partial charge in [0.25, 0.3) is 0 Å². The van der Waals surface area contributed by atoms with Gasteiger partial charge in [0.2, 0.25) is 0 Å². The number of nitrogens with one attached hydrogen (secondary N) is 1. The lowest BCUT2D eigenvalue weighted by Gasteiger charge is -2.09. The second-order valence-corrected chi connectivity index (χ2v) is 5.20. The molecule has 0 aromatic heterocycles. The molecule has 0 amide bonds. The van der Waals surface area contributed by atoms with E-state index >= 15 is 0 Å². The zero-order valence-corrected chi connectivity index (χ0v) is 10.5. The van der Waals surface area contributed by atoms with E-state index in [-0.39, 0.29) is 0 Å². The molecule has 0 aliphatic heterocycles. The molecule has 2 rings (SSSR count). The van der Waals surface area contributed by atoms with Gasteiger partial charge in [0, 0.05) is 11.4 Å². The number of nitrogens with zero attached hydrogens (tertiary/aromatic N) is 1. The van der Waals surface area contributed by atoms with Gasteiger partial charge in [-0.1, -0.05) is 13.0 Å². The Bertz CT molecular complexity index is 422. The van der Waals surface area contributed by atoms with Crippen molar-refractivity contribution in [2.75, 3.05) is 18.1 Å². The van der Waals surface area contributed by atoms with Crippen LogP contribution < -0.4 is 5.32 Å². The number of thioether (sulfide) groups is 1. The molecular weight excluding hydrogens is 216 g/mol. The van der Waals surface area contributed by atoms with Crippen molar-refractivity contribution < 1.29 is 0 Å². The number of hydrogen-bond donors (Lipinski definition) is 1. The molecule has 1 fully saturated rings. The van der Waals surface area contributed by atoms with Crippen LogP contribution in [0.4, 0.5) is 5.69 Å². The number of hydrogen-bond acceptors (Lipinski definition) is 3. The van der Waals surface area contributed by atoms with Crippen LogP contribution in [-0.2, 0) is 0 Å². The second kappa shape index (κ2) is 4.80. The number of rotatable bonds is 4. The van der Waals surface area contributed by atoms with Crippen molar-refractivity contribution in [1.82, 2.24) is 0 Å². The van der Waals surface area contributed by atoms with Crippen LogP contribution in [0.25, 0.3) is 0 Å². The van der Waals surface area contributed by atoms with Gasteiger partial charge >= 0.3 is 0 Å². The van der Waals surface area contributed by atoms with Crippen LogP contribution in [0.15, 0.2) is 23.1 Å². The minimum Gasteiger partial charge on any atom is -0.384 e. The molecule has 1 aliphatic carbocycles. The van der Waals surface area contributed by atoms with Gasteiger partial charge in [-0.3, -0.25) is 0 Å². The molecule has 3 heteroatoms. The van der Waals surface area contributed by atoms with Crippen LogP contribution in [-0.4, -0.2) is 12.8 Å². The highest BCUT2D eigenvalue weighted by atomic mass is 32.2. The normalized spacial score (nSPS) is 22.6. The fourth-order valence-corrected chi connectivity index (χ4v) is 2.46. The molecule has 1 saturated carbocycles. The third kappa shape index (κ3) is 2.33. The molecular formula is C13H16N2S. The van der Waals surface area contributed by atoms with Crippen molar-refractivity contribution in [2.24, 2.45) is 11.8 Å². The molecule has 0 spiro atoms. The summed E-state index contributed by atoms with van der Waals surface area (Å²) in [5.41, 5.74) is 1.76. The van der Waals surface area contributed by atoms with E-state index in [0.29, 0.717) is 0 Å². The predicted octanol–water partition coefficient (Wildman–Crippen LogP) is 3.35. The summed E-state index contributed by atoms with van der Waals surface area (Å²) in [6.45, 7) is 3.27. The minimum atomic E-state index is 0.781. The average molecular weight is 232 g/mol. The zero-order valence-electron chi connectivity index (χ0n) is 9.66. The van der Waals surface area contributed by atoms with Crippen LogP contribution in [0.5, 0.6) is 0 Å². The molecule has 1 aliphatic rings. The van der Waals surface area contributed by atoms with Crippen LogP contribution in [0.1, 0.15) is 18.9 Å². The summed E-state index contributed by atoms with van der Waals surface area (Å²) in [6.07, 6.45) is 3.32. The van der Waals surface area contributed by atoms with Crippen molar-refractivity contribution in [2.45, 2.75) is 18.2 Å². The second-order valence-electron chi connectivity index (χ2n) is 4.35. The summed E-state index contributed by atoms with van der Waals surface area (Å²) < 4.78 is 0. The number of nitriles is 1. The fourth-order valence-electron chi connectivity index (χ4n) is 1.89. The van der Waals surface area contributed by atoms with Crippen molar-refractivity contribution in [1.29, 1.82) is 5.26 Å². The molecule has 1 aromatic carbocycles. The van der Waals surface area contributed by atoms with Crippen molar-refractivity contribution >= 4 is 17.4 Å². The Kier molecular flexibility index (Phi) is 3.40. The summed E-state index contributed by atoms with van der Waals surface area (Å²) in [6, 6.07) is 8.28. The van der Waals surface area contributed by atoms with Gasteiger partial charge in [-0.05, 0) is 36.6 Å². The lowest BCUT2D eigenvalue weighted by Crippen LogP contribution is -2.06. The smallest absolute Gasteiger partial charge is 0.102 e. The Morgan fingerprint density at radius 1 is 1.56 bits per heavy atom. The first kappa shape index (κ1) is 11.3. The summed E-state index contributed by atoms with van der Waals surface area (Å²) in [4.78, 5) is 1.05. The Hall–Kier alpha value is -1.14. The molecule has 1 aromatic rings. The molecule has 2 nitrogen and oxygen atoms in total. The topological polar surface area (TPSA) is 35.8 Å². The van der Waals surface area contributed by atoms with Crippen LogP contribution in [0.3, 0.4) is 0 Å². The van der Waals surface area contributed by atoms with Crippen molar-refractivity contribution in [3.63, 3.8) is 0 Å². The Morgan fingerprint density at radius 2 is 2.31 bits per heavy atom. The molecule has 2 unspecified atom stereocenters. The fraction of sp³-hybridized carbons (Fsp3) is 0.462. The summed E-state index contributed by atoms with van der Waals surface area (Å²) >= 11 is 1.62. The van der Waals surface area contributed by atoms with E-state index in [0.717, 1.165) is 34.5 Å². The van der Waals surface area contributed by atoms with E-state index in [1.807, 2.05) is 24.5 Å². The summed E-state index contributed by atoms with van der Waals surface area (Å²) in [5.74, 6) is 1.64. The summed E-state index contributed by atoms with van der Waals surface area (Å²) in [7, 11) is 0. The Morgan fingerprint density at radius 3 is 2.88 bits per heavy atom. The number of anilines is 1. The Balaban J connectivity index is 2.10. The molecule has 0 heterocycles. The largest absolute Gasteiger partial charge is 0.384 e. The van der Waals surface area contributed by atoms with E-state index in [1.54, 1.807) is 11.8 Å². The van der Waals surface area contributed by atoms with Gasteiger partial charge in [0.1, 0.15) is 6.07 Å². The monoisotopic (exact) mass is 232 g/mol. The van der Waals surface area contributed by atoms with E-state index in [1.165, 1.54) is 6.42 Å². The molecule has 84 valence electrons. The van der Waals surface area contributed by atoms with Crippen molar-refractivity contribution in [3.05, 3.63) is 23.8 Å². The van der Waals surface area contributed by atoms with Gasteiger partial charge in [0.05, 0.1) is 11.3 Å². The molecule has 1 N–H and O–H groups in total.